The molecular formula is C23H33N3O6. The molecule has 2 aliphatic rings. The van der Waals surface area contributed by atoms with E-state index in [0.717, 1.165) is 5.56 Å². The van der Waals surface area contributed by atoms with Crippen molar-refractivity contribution in [3.8, 4) is 0 Å². The van der Waals surface area contributed by atoms with Gasteiger partial charge >= 0.3 is 18.2 Å². The fraction of sp³-hybridized carbons (Fsp3) is 0.609. The fourth-order valence-corrected chi connectivity index (χ4v) is 4.04. The van der Waals surface area contributed by atoms with Crippen LogP contribution in [0.3, 0.4) is 0 Å². The van der Waals surface area contributed by atoms with E-state index in [1.165, 1.54) is 12.0 Å². The molecule has 9 nitrogen and oxygen atoms in total. The first-order chi connectivity index (χ1) is 15.2. The Morgan fingerprint density at radius 3 is 2.25 bits per heavy atom. The summed E-state index contributed by atoms with van der Waals surface area (Å²) in [6, 6.07) is 8.89. The first kappa shape index (κ1) is 23.8. The van der Waals surface area contributed by atoms with Crippen molar-refractivity contribution < 1.29 is 28.6 Å². The van der Waals surface area contributed by atoms with Crippen LogP contribution in [0, 0.1) is 0 Å². The lowest BCUT2D eigenvalue weighted by Crippen LogP contribution is -2.52. The molecule has 0 bridgehead atoms. The average molecular weight is 448 g/mol. The molecule has 0 N–H and O–H groups in total. The predicted octanol–water partition coefficient (Wildman–Crippen LogP) is 2.49. The minimum absolute atomic E-state index is 0.00546. The van der Waals surface area contributed by atoms with Gasteiger partial charge in [-0.3, -0.25) is 9.80 Å². The van der Waals surface area contributed by atoms with Gasteiger partial charge in [0.2, 0.25) is 0 Å². The summed E-state index contributed by atoms with van der Waals surface area (Å²) in [5, 5.41) is 0. The standard InChI is InChI=1S/C23H33N3O6/c1-23(2,3)32-22(29)26-15-18(14-19(26)20(27)30-4)24-10-12-25(13-11-24)21(28)31-16-17-8-6-5-7-9-17/h5-9,18-19H,10-16H2,1-4H3/t18-,19+/m1/s1. The lowest BCUT2D eigenvalue weighted by atomic mass is 10.1. The number of nitrogens with zero attached hydrogens (tertiary/aromatic N) is 3. The van der Waals surface area contributed by atoms with Gasteiger partial charge < -0.3 is 19.1 Å². The van der Waals surface area contributed by atoms with Crippen LogP contribution in [-0.4, -0.2) is 90.4 Å². The first-order valence-electron chi connectivity index (χ1n) is 10.9. The number of hydrogen-bond donors (Lipinski definition) is 0. The van der Waals surface area contributed by atoms with E-state index in [0.29, 0.717) is 39.1 Å². The summed E-state index contributed by atoms with van der Waals surface area (Å²) in [6.07, 6.45) is -0.369. The molecule has 0 aliphatic carbocycles. The van der Waals surface area contributed by atoms with Gasteiger partial charge in [-0.25, -0.2) is 14.4 Å². The van der Waals surface area contributed by atoms with Gasteiger partial charge in [-0.1, -0.05) is 30.3 Å². The normalized spacial score (nSPS) is 21.9. The van der Waals surface area contributed by atoms with E-state index in [4.69, 9.17) is 14.2 Å². The molecule has 2 atom stereocenters. The Bertz CT molecular complexity index is 802. The zero-order valence-electron chi connectivity index (χ0n) is 19.3. The average Bonchev–Trinajstić information content (AvgIpc) is 3.22. The Kier molecular flexibility index (Phi) is 7.60. The molecule has 1 aromatic rings. The summed E-state index contributed by atoms with van der Waals surface area (Å²) < 4.78 is 15.8. The predicted molar refractivity (Wildman–Crippen MR) is 117 cm³/mol. The molecule has 0 aromatic heterocycles. The highest BCUT2D eigenvalue weighted by Gasteiger charge is 2.44. The van der Waals surface area contributed by atoms with Crippen LogP contribution in [0.2, 0.25) is 0 Å². The number of carbonyl (C=O) groups is 3. The Morgan fingerprint density at radius 1 is 1.00 bits per heavy atom. The fourth-order valence-electron chi connectivity index (χ4n) is 4.04. The van der Waals surface area contributed by atoms with Crippen LogP contribution in [0.15, 0.2) is 30.3 Å². The molecule has 176 valence electrons. The van der Waals surface area contributed by atoms with Gasteiger partial charge in [0.1, 0.15) is 18.2 Å². The highest BCUT2D eigenvalue weighted by Crippen LogP contribution is 2.26. The molecule has 2 aliphatic heterocycles. The molecule has 2 heterocycles. The molecule has 0 spiro atoms. The molecule has 9 heteroatoms. The number of amides is 2. The topological polar surface area (TPSA) is 88.6 Å². The molecule has 2 saturated heterocycles. The zero-order chi connectivity index (χ0) is 23.3. The molecule has 1 aromatic carbocycles. The number of benzene rings is 1. The van der Waals surface area contributed by atoms with Crippen LogP contribution in [-0.2, 0) is 25.6 Å². The van der Waals surface area contributed by atoms with Crippen LogP contribution < -0.4 is 0 Å². The van der Waals surface area contributed by atoms with E-state index in [-0.39, 0.29) is 18.7 Å². The molecule has 2 fully saturated rings. The van der Waals surface area contributed by atoms with E-state index < -0.39 is 23.7 Å². The van der Waals surface area contributed by atoms with Crippen molar-refractivity contribution in [3.05, 3.63) is 35.9 Å². The van der Waals surface area contributed by atoms with Crippen molar-refractivity contribution in [1.29, 1.82) is 0 Å². The largest absolute Gasteiger partial charge is 0.467 e. The quantitative estimate of drug-likeness (QED) is 0.518. The van der Waals surface area contributed by atoms with Crippen LogP contribution >= 0.6 is 0 Å². The molecular weight excluding hydrogens is 414 g/mol. The number of carbonyl (C=O) groups excluding carboxylic acids is 3. The van der Waals surface area contributed by atoms with Gasteiger partial charge in [0.15, 0.2) is 0 Å². The van der Waals surface area contributed by atoms with E-state index in [2.05, 4.69) is 4.90 Å². The zero-order valence-corrected chi connectivity index (χ0v) is 19.3. The minimum Gasteiger partial charge on any atom is -0.467 e. The SMILES string of the molecule is COC(=O)[C@@H]1C[C@@H](N2CCN(C(=O)OCc3ccccc3)CC2)CN1C(=O)OC(C)(C)C. The minimum atomic E-state index is -0.672. The molecule has 0 unspecified atom stereocenters. The van der Waals surface area contributed by atoms with Gasteiger partial charge in [0, 0.05) is 38.8 Å². The summed E-state index contributed by atoms with van der Waals surface area (Å²) >= 11 is 0. The van der Waals surface area contributed by atoms with E-state index >= 15 is 0 Å². The number of likely N-dealkylation sites (tertiary alicyclic amines) is 1. The monoisotopic (exact) mass is 447 g/mol. The van der Waals surface area contributed by atoms with Crippen molar-refractivity contribution in [2.75, 3.05) is 39.8 Å². The van der Waals surface area contributed by atoms with Crippen LogP contribution in [0.25, 0.3) is 0 Å². The summed E-state index contributed by atoms with van der Waals surface area (Å²) in [7, 11) is 1.32. The molecule has 0 saturated carbocycles. The van der Waals surface area contributed by atoms with Crippen molar-refractivity contribution in [2.24, 2.45) is 0 Å². The molecule has 32 heavy (non-hydrogen) atoms. The number of hydrogen-bond acceptors (Lipinski definition) is 7. The number of methoxy groups -OCH3 is 1. The second kappa shape index (κ2) is 10.2. The van der Waals surface area contributed by atoms with Crippen LogP contribution in [0.4, 0.5) is 9.59 Å². The second-order valence-corrected chi connectivity index (χ2v) is 9.12. The van der Waals surface area contributed by atoms with Crippen LogP contribution in [0.5, 0.6) is 0 Å². The smallest absolute Gasteiger partial charge is 0.411 e. The Labute approximate surface area is 189 Å². The lowest BCUT2D eigenvalue weighted by Gasteiger charge is -2.37. The third-order valence-corrected chi connectivity index (χ3v) is 5.67. The number of esters is 1. The molecule has 2 amide bonds. The highest BCUT2D eigenvalue weighted by atomic mass is 16.6. The van der Waals surface area contributed by atoms with Crippen molar-refractivity contribution in [1.82, 2.24) is 14.7 Å². The summed E-state index contributed by atoms with van der Waals surface area (Å²) in [6.45, 7) is 8.34. The molecule has 0 radical (unpaired) electrons. The highest BCUT2D eigenvalue weighted by molar-refractivity contribution is 5.82. The second-order valence-electron chi connectivity index (χ2n) is 9.12. The first-order valence-corrected chi connectivity index (χ1v) is 10.9. The maximum Gasteiger partial charge on any atom is 0.411 e. The third kappa shape index (κ3) is 6.12. The van der Waals surface area contributed by atoms with Gasteiger partial charge in [-0.15, -0.1) is 0 Å². The lowest BCUT2D eigenvalue weighted by molar-refractivity contribution is -0.145. The van der Waals surface area contributed by atoms with Gasteiger partial charge in [0.25, 0.3) is 0 Å². The summed E-state index contributed by atoms with van der Waals surface area (Å²) in [5.41, 5.74) is 0.295. The van der Waals surface area contributed by atoms with Crippen LogP contribution in [0.1, 0.15) is 32.8 Å². The Morgan fingerprint density at radius 2 is 1.66 bits per heavy atom. The summed E-state index contributed by atoms with van der Waals surface area (Å²) in [5.74, 6) is -0.443. The maximum atomic E-state index is 12.7. The number of ether oxygens (including phenoxy) is 3. The van der Waals surface area contributed by atoms with Gasteiger partial charge in [-0.05, 0) is 32.8 Å². The number of piperazine rings is 1. The van der Waals surface area contributed by atoms with Crippen molar-refractivity contribution >= 4 is 18.2 Å². The third-order valence-electron chi connectivity index (χ3n) is 5.67. The summed E-state index contributed by atoms with van der Waals surface area (Å²) in [4.78, 5) is 42.7. The Hall–Kier alpha value is -2.81. The van der Waals surface area contributed by atoms with Crippen molar-refractivity contribution in [2.45, 2.75) is 51.5 Å². The van der Waals surface area contributed by atoms with E-state index in [1.807, 2.05) is 30.3 Å². The maximum absolute atomic E-state index is 12.7. The Balaban J connectivity index is 1.53. The van der Waals surface area contributed by atoms with E-state index in [1.54, 1.807) is 25.7 Å². The van der Waals surface area contributed by atoms with Gasteiger partial charge in [0.05, 0.1) is 7.11 Å². The van der Waals surface area contributed by atoms with Gasteiger partial charge in [-0.2, -0.15) is 0 Å². The number of rotatable bonds is 4. The van der Waals surface area contributed by atoms with Crippen molar-refractivity contribution in [3.63, 3.8) is 0 Å². The molecule has 3 rings (SSSR count). The van der Waals surface area contributed by atoms with E-state index in [9.17, 15) is 14.4 Å².